The number of benzene rings is 2. The summed E-state index contributed by atoms with van der Waals surface area (Å²) in [6, 6.07) is 16.3. The van der Waals surface area contributed by atoms with Crippen LogP contribution in [0.5, 0.6) is 5.75 Å². The average molecular weight is 500 g/mol. The van der Waals surface area contributed by atoms with E-state index in [2.05, 4.69) is 5.10 Å². The molecule has 0 N–H and O–H groups in total. The summed E-state index contributed by atoms with van der Waals surface area (Å²) in [7, 11) is 0. The van der Waals surface area contributed by atoms with E-state index in [1.807, 2.05) is 48.7 Å². The Hall–Kier alpha value is -4.40. The SMILES string of the molecule is CCOc1ccc(C(=O)N2CCN(C(=O)c3cn(CC)cc4c(=O)n(-c5ccccc5)nc3-4)CC2)cc1. The fourth-order valence-electron chi connectivity index (χ4n) is 4.57. The summed E-state index contributed by atoms with van der Waals surface area (Å²) < 4.78 is 8.63. The summed E-state index contributed by atoms with van der Waals surface area (Å²) in [6.07, 6.45) is 3.50. The zero-order valence-corrected chi connectivity index (χ0v) is 21.0. The molecule has 5 rings (SSSR count). The average Bonchev–Trinajstić information content (AvgIpc) is 3.29. The lowest BCUT2D eigenvalue weighted by molar-refractivity contribution is 0.0535. The van der Waals surface area contributed by atoms with Crippen molar-refractivity contribution in [1.29, 1.82) is 0 Å². The summed E-state index contributed by atoms with van der Waals surface area (Å²) in [4.78, 5) is 43.3. The van der Waals surface area contributed by atoms with Crippen LogP contribution in [0.15, 0.2) is 71.8 Å². The lowest BCUT2D eigenvalue weighted by atomic mass is 10.1. The number of nitrogens with zero attached hydrogens (tertiary/aromatic N) is 5. The quantitative estimate of drug-likeness (QED) is 0.407. The Bertz CT molecular complexity index is 1430. The van der Waals surface area contributed by atoms with E-state index in [0.29, 0.717) is 67.4 Å². The minimum atomic E-state index is -0.260. The van der Waals surface area contributed by atoms with Gasteiger partial charge in [0, 0.05) is 50.7 Å². The van der Waals surface area contributed by atoms with E-state index in [1.54, 1.807) is 46.5 Å². The monoisotopic (exact) mass is 499 g/mol. The molecule has 1 saturated heterocycles. The molecule has 2 aromatic carbocycles. The number of hydrogen-bond acceptors (Lipinski definition) is 5. The standard InChI is InChI=1S/C28H29N5O4/c1-3-30-18-23(25-24(19-30)28(36)33(29-25)21-8-6-5-7-9-21)27(35)32-16-14-31(15-17-32)26(34)20-10-12-22(13-11-20)37-4-2/h5-13,18-19H,3-4,14-17H2,1-2H3. The minimum absolute atomic E-state index is 0.0707. The first-order valence-electron chi connectivity index (χ1n) is 12.5. The van der Waals surface area contributed by atoms with Gasteiger partial charge in [-0.1, -0.05) is 18.2 Å². The van der Waals surface area contributed by atoms with Crippen molar-refractivity contribution < 1.29 is 14.3 Å². The molecule has 9 heteroatoms. The molecule has 2 aromatic rings. The van der Waals surface area contributed by atoms with Gasteiger partial charge >= 0.3 is 0 Å². The molecular weight excluding hydrogens is 470 g/mol. The molecule has 0 radical (unpaired) electrons. The molecular formula is C28H29N5O4. The second kappa shape index (κ2) is 10.3. The van der Waals surface area contributed by atoms with E-state index in [1.165, 1.54) is 4.68 Å². The fourth-order valence-corrected chi connectivity index (χ4v) is 4.57. The molecule has 0 spiro atoms. The fraction of sp³-hybridized carbons (Fsp3) is 0.286. The van der Waals surface area contributed by atoms with Crippen LogP contribution in [-0.4, -0.2) is 68.7 Å². The number of aryl methyl sites for hydroxylation is 1. The molecule has 0 saturated carbocycles. The number of aromatic nitrogens is 3. The van der Waals surface area contributed by atoms with Gasteiger partial charge in [-0.2, -0.15) is 9.78 Å². The van der Waals surface area contributed by atoms with Crippen molar-refractivity contribution in [2.24, 2.45) is 0 Å². The number of carbonyl (C=O) groups excluding carboxylic acids is 2. The molecule has 3 aliphatic rings. The van der Waals surface area contributed by atoms with Gasteiger partial charge in [0.1, 0.15) is 11.4 Å². The van der Waals surface area contributed by atoms with E-state index in [4.69, 9.17) is 4.74 Å². The minimum Gasteiger partial charge on any atom is -0.494 e. The van der Waals surface area contributed by atoms with Gasteiger partial charge in [-0.05, 0) is 50.2 Å². The van der Waals surface area contributed by atoms with Crippen LogP contribution in [-0.2, 0) is 6.54 Å². The van der Waals surface area contributed by atoms with Gasteiger partial charge in [0.25, 0.3) is 17.4 Å². The Morgan fingerprint density at radius 2 is 1.51 bits per heavy atom. The molecule has 3 heterocycles. The lowest BCUT2D eigenvalue weighted by Crippen LogP contribution is -2.50. The predicted molar refractivity (Wildman–Crippen MR) is 140 cm³/mol. The predicted octanol–water partition coefficient (Wildman–Crippen LogP) is 3.16. The molecule has 9 nitrogen and oxygen atoms in total. The number of pyridine rings is 1. The number of fused-ring (bicyclic) bond motifs is 1. The second-order valence-electron chi connectivity index (χ2n) is 8.86. The third kappa shape index (κ3) is 4.72. The van der Waals surface area contributed by atoms with Crippen molar-refractivity contribution >= 4 is 11.8 Å². The van der Waals surface area contributed by atoms with Gasteiger partial charge in [-0.15, -0.1) is 0 Å². The van der Waals surface area contributed by atoms with Crippen molar-refractivity contribution in [3.63, 3.8) is 0 Å². The number of para-hydroxylation sites is 1. The molecule has 0 unspecified atom stereocenters. The third-order valence-electron chi connectivity index (χ3n) is 6.59. The molecule has 3 aliphatic heterocycles. The lowest BCUT2D eigenvalue weighted by Gasteiger charge is -2.35. The van der Waals surface area contributed by atoms with Crippen LogP contribution >= 0.6 is 0 Å². The Morgan fingerprint density at radius 3 is 2.14 bits per heavy atom. The zero-order valence-electron chi connectivity index (χ0n) is 21.0. The van der Waals surface area contributed by atoms with Crippen LogP contribution in [0.3, 0.4) is 0 Å². The van der Waals surface area contributed by atoms with Crippen molar-refractivity contribution in [3.8, 4) is 22.7 Å². The number of hydrogen-bond donors (Lipinski definition) is 0. The summed E-state index contributed by atoms with van der Waals surface area (Å²) in [5.74, 6) is 0.459. The Labute approximate surface area is 214 Å². The molecule has 0 bridgehead atoms. The summed E-state index contributed by atoms with van der Waals surface area (Å²) in [5.41, 5.74) is 2.15. The van der Waals surface area contributed by atoms with E-state index in [9.17, 15) is 14.4 Å². The highest BCUT2D eigenvalue weighted by atomic mass is 16.5. The molecule has 0 aromatic heterocycles. The van der Waals surface area contributed by atoms with E-state index >= 15 is 0 Å². The number of rotatable bonds is 6. The van der Waals surface area contributed by atoms with Crippen molar-refractivity contribution in [2.75, 3.05) is 32.8 Å². The van der Waals surface area contributed by atoms with Gasteiger partial charge in [0.05, 0.1) is 23.4 Å². The second-order valence-corrected chi connectivity index (χ2v) is 8.86. The van der Waals surface area contributed by atoms with E-state index in [-0.39, 0.29) is 17.4 Å². The highest BCUT2D eigenvalue weighted by Gasteiger charge is 2.30. The van der Waals surface area contributed by atoms with Gasteiger partial charge in [0.2, 0.25) is 0 Å². The first-order valence-corrected chi connectivity index (χ1v) is 12.5. The Balaban J connectivity index is 1.36. The van der Waals surface area contributed by atoms with E-state index < -0.39 is 0 Å². The maximum Gasteiger partial charge on any atom is 0.282 e. The largest absolute Gasteiger partial charge is 0.494 e. The van der Waals surface area contributed by atoms with Crippen LogP contribution in [0.25, 0.3) is 16.9 Å². The smallest absolute Gasteiger partial charge is 0.282 e. The first kappa shape index (κ1) is 24.3. The molecule has 0 aliphatic carbocycles. The summed E-state index contributed by atoms with van der Waals surface area (Å²) >= 11 is 0. The van der Waals surface area contributed by atoms with Gasteiger partial charge in [0.15, 0.2) is 0 Å². The van der Waals surface area contributed by atoms with Crippen molar-refractivity contribution in [3.05, 3.63) is 88.5 Å². The van der Waals surface area contributed by atoms with Crippen molar-refractivity contribution in [2.45, 2.75) is 20.4 Å². The number of ether oxygens (including phenoxy) is 1. The highest BCUT2D eigenvalue weighted by molar-refractivity contribution is 6.00. The van der Waals surface area contributed by atoms with Crippen molar-refractivity contribution in [1.82, 2.24) is 24.1 Å². The van der Waals surface area contributed by atoms with Gasteiger partial charge in [-0.3, -0.25) is 14.4 Å². The molecule has 190 valence electrons. The number of amides is 2. The summed E-state index contributed by atoms with van der Waals surface area (Å²) in [6.45, 7) is 6.68. The van der Waals surface area contributed by atoms with Crippen LogP contribution in [0, 0.1) is 0 Å². The third-order valence-corrected chi connectivity index (χ3v) is 6.59. The first-order chi connectivity index (χ1) is 18.0. The normalized spacial score (nSPS) is 13.7. The molecule has 1 fully saturated rings. The number of carbonyl (C=O) groups is 2. The zero-order chi connectivity index (χ0) is 25.9. The Morgan fingerprint density at radius 1 is 0.865 bits per heavy atom. The number of piperazine rings is 1. The van der Waals surface area contributed by atoms with Crippen LogP contribution < -0.4 is 10.3 Å². The molecule has 0 atom stereocenters. The summed E-state index contributed by atoms with van der Waals surface area (Å²) in [5, 5.41) is 4.55. The Kier molecular flexibility index (Phi) is 6.76. The maximum atomic E-state index is 13.6. The van der Waals surface area contributed by atoms with Gasteiger partial charge in [-0.25, -0.2) is 0 Å². The van der Waals surface area contributed by atoms with Crippen LogP contribution in [0.1, 0.15) is 34.6 Å². The topological polar surface area (TPSA) is 89.7 Å². The van der Waals surface area contributed by atoms with Crippen LogP contribution in [0.2, 0.25) is 0 Å². The molecule has 2 amide bonds. The maximum absolute atomic E-state index is 13.6. The van der Waals surface area contributed by atoms with E-state index in [0.717, 1.165) is 5.75 Å². The molecule has 37 heavy (non-hydrogen) atoms. The highest BCUT2D eigenvalue weighted by Crippen LogP contribution is 2.24. The van der Waals surface area contributed by atoms with Crippen LogP contribution in [0.4, 0.5) is 0 Å². The van der Waals surface area contributed by atoms with Gasteiger partial charge < -0.3 is 19.1 Å².